The molecule has 32 heavy (non-hydrogen) atoms. The summed E-state index contributed by atoms with van der Waals surface area (Å²) in [5, 5.41) is 0. The molecular weight excluding hydrogens is 474 g/mol. The normalized spacial score (nSPS) is 14.1. The molecule has 1 heterocycles. The highest BCUT2D eigenvalue weighted by molar-refractivity contribution is 9.10. The van der Waals surface area contributed by atoms with Gasteiger partial charge in [0.15, 0.2) is 17.2 Å². The van der Waals surface area contributed by atoms with Gasteiger partial charge in [-0.15, -0.1) is 0 Å². The van der Waals surface area contributed by atoms with Crippen LogP contribution in [-0.2, 0) is 9.53 Å². The summed E-state index contributed by atoms with van der Waals surface area (Å²) < 4.78 is 17.4. The first kappa shape index (κ1) is 21.5. The fraction of sp³-hybridized carbons (Fsp3) is 0.0800. The Balaban J connectivity index is 1.59. The number of rotatable bonds is 6. The summed E-state index contributed by atoms with van der Waals surface area (Å²) in [6.45, 7) is 2.21. The van der Waals surface area contributed by atoms with E-state index in [9.17, 15) is 9.59 Å². The minimum absolute atomic E-state index is 0.166. The Morgan fingerprint density at radius 3 is 2.50 bits per heavy atom. The van der Waals surface area contributed by atoms with Crippen LogP contribution >= 0.6 is 15.9 Å². The van der Waals surface area contributed by atoms with Crippen molar-refractivity contribution in [2.75, 3.05) is 6.61 Å². The molecule has 0 spiro atoms. The highest BCUT2D eigenvalue weighted by atomic mass is 79.9. The van der Waals surface area contributed by atoms with Gasteiger partial charge in [0, 0.05) is 10.0 Å². The number of carbonyl (C=O) groups is 2. The van der Waals surface area contributed by atoms with Gasteiger partial charge >= 0.3 is 11.9 Å². The zero-order valence-corrected chi connectivity index (χ0v) is 18.7. The van der Waals surface area contributed by atoms with Gasteiger partial charge in [0.2, 0.25) is 5.90 Å². The van der Waals surface area contributed by atoms with Crippen LogP contribution in [0.25, 0.3) is 6.08 Å². The second-order valence-corrected chi connectivity index (χ2v) is 7.65. The smallest absolute Gasteiger partial charge is 0.363 e. The lowest BCUT2D eigenvalue weighted by Gasteiger charge is -2.11. The second-order valence-electron chi connectivity index (χ2n) is 6.74. The molecule has 0 aliphatic carbocycles. The Labute approximate surface area is 193 Å². The largest absolute Gasteiger partial charge is 0.490 e. The van der Waals surface area contributed by atoms with Crippen molar-refractivity contribution < 1.29 is 23.8 Å². The highest BCUT2D eigenvalue weighted by Crippen LogP contribution is 2.31. The fourth-order valence-electron chi connectivity index (χ4n) is 2.98. The molecule has 1 aliphatic rings. The van der Waals surface area contributed by atoms with E-state index in [1.54, 1.807) is 48.5 Å². The first-order chi connectivity index (χ1) is 15.5. The van der Waals surface area contributed by atoms with Crippen LogP contribution in [0.1, 0.15) is 28.4 Å². The summed E-state index contributed by atoms with van der Waals surface area (Å²) in [4.78, 5) is 29.0. The summed E-state index contributed by atoms with van der Waals surface area (Å²) in [6, 6.07) is 21.0. The van der Waals surface area contributed by atoms with Crippen molar-refractivity contribution >= 4 is 39.8 Å². The van der Waals surface area contributed by atoms with Crippen molar-refractivity contribution in [1.82, 2.24) is 0 Å². The molecule has 0 fully saturated rings. The number of hydrogen-bond acceptors (Lipinski definition) is 6. The highest BCUT2D eigenvalue weighted by Gasteiger charge is 2.24. The maximum atomic E-state index is 12.4. The van der Waals surface area contributed by atoms with E-state index in [1.807, 2.05) is 37.3 Å². The van der Waals surface area contributed by atoms with Gasteiger partial charge in [0.1, 0.15) is 0 Å². The molecule has 0 amide bonds. The van der Waals surface area contributed by atoms with Gasteiger partial charge in [0.25, 0.3) is 0 Å². The Morgan fingerprint density at radius 2 is 1.78 bits per heavy atom. The van der Waals surface area contributed by atoms with Gasteiger partial charge in [-0.1, -0.05) is 40.2 Å². The number of hydrogen-bond donors (Lipinski definition) is 0. The van der Waals surface area contributed by atoms with Crippen LogP contribution in [0.2, 0.25) is 0 Å². The van der Waals surface area contributed by atoms with E-state index in [1.165, 1.54) is 0 Å². The average molecular weight is 492 g/mol. The van der Waals surface area contributed by atoms with Crippen molar-refractivity contribution in [3.05, 3.63) is 99.7 Å². The number of esters is 2. The first-order valence-electron chi connectivity index (χ1n) is 9.86. The van der Waals surface area contributed by atoms with Gasteiger partial charge in [0.05, 0.1) is 12.2 Å². The predicted octanol–water partition coefficient (Wildman–Crippen LogP) is 5.41. The number of nitrogens with zero attached hydrogens (tertiary/aromatic N) is 1. The minimum atomic E-state index is -0.541. The summed E-state index contributed by atoms with van der Waals surface area (Å²) >= 11 is 3.37. The summed E-state index contributed by atoms with van der Waals surface area (Å²) in [5.41, 5.74) is 1.95. The molecule has 0 atom stereocenters. The molecule has 1 aliphatic heterocycles. The van der Waals surface area contributed by atoms with Crippen molar-refractivity contribution in [1.29, 1.82) is 0 Å². The van der Waals surface area contributed by atoms with Crippen LogP contribution in [0.3, 0.4) is 0 Å². The maximum Gasteiger partial charge on any atom is 0.363 e. The third-order valence-corrected chi connectivity index (χ3v) is 5.02. The Bertz CT molecular complexity index is 1220. The summed E-state index contributed by atoms with van der Waals surface area (Å²) in [5.74, 6) is -0.112. The molecule has 0 saturated heterocycles. The molecule has 160 valence electrons. The van der Waals surface area contributed by atoms with Crippen molar-refractivity contribution in [3.63, 3.8) is 0 Å². The Morgan fingerprint density at radius 1 is 1.03 bits per heavy atom. The second kappa shape index (κ2) is 9.62. The number of aliphatic imine (C=N–C) groups is 1. The van der Waals surface area contributed by atoms with Crippen LogP contribution in [0.4, 0.5) is 0 Å². The third kappa shape index (κ3) is 4.95. The van der Waals surface area contributed by atoms with E-state index >= 15 is 0 Å². The van der Waals surface area contributed by atoms with E-state index < -0.39 is 11.9 Å². The summed E-state index contributed by atoms with van der Waals surface area (Å²) in [6.07, 6.45) is 1.60. The third-order valence-electron chi connectivity index (χ3n) is 4.49. The van der Waals surface area contributed by atoms with Gasteiger partial charge in [-0.2, -0.15) is 0 Å². The molecule has 0 unspecified atom stereocenters. The van der Waals surface area contributed by atoms with Crippen LogP contribution in [0, 0.1) is 0 Å². The van der Waals surface area contributed by atoms with E-state index in [2.05, 4.69) is 20.9 Å². The van der Waals surface area contributed by atoms with E-state index in [4.69, 9.17) is 14.2 Å². The number of benzene rings is 3. The zero-order valence-electron chi connectivity index (χ0n) is 17.1. The first-order valence-corrected chi connectivity index (χ1v) is 10.7. The predicted molar refractivity (Wildman–Crippen MR) is 124 cm³/mol. The molecule has 0 aromatic heterocycles. The molecule has 0 bridgehead atoms. The van der Waals surface area contributed by atoms with E-state index in [0.717, 1.165) is 4.47 Å². The number of carbonyl (C=O) groups excluding carboxylic acids is 2. The van der Waals surface area contributed by atoms with E-state index in [-0.39, 0.29) is 17.3 Å². The Hall–Kier alpha value is -3.71. The molecule has 0 radical (unpaired) electrons. The zero-order chi connectivity index (χ0) is 22.5. The van der Waals surface area contributed by atoms with Crippen LogP contribution in [0.5, 0.6) is 11.5 Å². The lowest BCUT2D eigenvalue weighted by molar-refractivity contribution is -0.129. The molecular formula is C25H18BrNO5. The SMILES string of the molecule is CCOc1cc(/C=C2/N=C(c3ccc(Br)cc3)OC2=O)ccc1OC(=O)c1ccccc1. The van der Waals surface area contributed by atoms with Gasteiger partial charge in [-0.05, 0) is 67.1 Å². The molecule has 4 rings (SSSR count). The lowest BCUT2D eigenvalue weighted by atomic mass is 10.1. The summed E-state index contributed by atoms with van der Waals surface area (Å²) in [7, 11) is 0. The molecule has 0 N–H and O–H groups in total. The van der Waals surface area contributed by atoms with Crippen LogP contribution in [0.15, 0.2) is 88.0 Å². The number of cyclic esters (lactones) is 1. The fourth-order valence-corrected chi connectivity index (χ4v) is 3.25. The topological polar surface area (TPSA) is 74.2 Å². The molecule has 0 saturated carbocycles. The molecule has 3 aromatic carbocycles. The van der Waals surface area contributed by atoms with Crippen molar-refractivity contribution in [3.8, 4) is 11.5 Å². The minimum Gasteiger partial charge on any atom is -0.490 e. The number of halogens is 1. The monoisotopic (exact) mass is 491 g/mol. The average Bonchev–Trinajstić information content (AvgIpc) is 3.16. The van der Waals surface area contributed by atoms with E-state index in [0.29, 0.717) is 29.0 Å². The maximum absolute atomic E-state index is 12.4. The Kier molecular flexibility index (Phi) is 6.47. The van der Waals surface area contributed by atoms with Crippen LogP contribution in [-0.4, -0.2) is 24.4 Å². The van der Waals surface area contributed by atoms with Crippen LogP contribution < -0.4 is 9.47 Å². The van der Waals surface area contributed by atoms with Gasteiger partial charge < -0.3 is 14.2 Å². The van der Waals surface area contributed by atoms with Crippen molar-refractivity contribution in [2.45, 2.75) is 6.92 Å². The molecule has 3 aromatic rings. The lowest BCUT2D eigenvalue weighted by Crippen LogP contribution is -2.09. The van der Waals surface area contributed by atoms with Gasteiger partial charge in [-0.3, -0.25) is 0 Å². The molecule has 6 nitrogen and oxygen atoms in total. The van der Waals surface area contributed by atoms with Crippen molar-refractivity contribution in [2.24, 2.45) is 4.99 Å². The van der Waals surface area contributed by atoms with Gasteiger partial charge in [-0.25, -0.2) is 14.6 Å². The number of ether oxygens (including phenoxy) is 3. The quantitative estimate of drug-likeness (QED) is 0.261. The standard InChI is InChI=1S/C25H18BrNO5/c1-2-30-22-15-16(8-13-21(22)31-24(28)18-6-4-3-5-7-18)14-20-25(29)32-23(27-20)17-9-11-19(26)12-10-17/h3-15H,2H2,1H3/b20-14+. The molecule has 7 heteroatoms.